The summed E-state index contributed by atoms with van der Waals surface area (Å²) in [7, 11) is 0. The molecule has 28 heavy (non-hydrogen) atoms. The Morgan fingerprint density at radius 3 is 0.929 bits per heavy atom. The van der Waals surface area contributed by atoms with Gasteiger partial charge in [-0.05, 0) is 23.8 Å². The molecule has 0 aliphatic carbocycles. The Morgan fingerprint density at radius 1 is 0.500 bits per heavy atom. The Hall–Kier alpha value is -2.02. The van der Waals surface area contributed by atoms with Crippen molar-refractivity contribution in [1.29, 1.82) is 0 Å². The third-order valence-corrected chi connectivity index (χ3v) is 3.55. The predicted molar refractivity (Wildman–Crippen MR) is 66.3 cm³/mol. The van der Waals surface area contributed by atoms with E-state index in [2.05, 4.69) is 6.58 Å². The Bertz CT molecular complexity index is 646. The van der Waals surface area contributed by atoms with Crippen LogP contribution in [0.2, 0.25) is 0 Å². The first kappa shape index (κ1) is 24.0. The summed E-state index contributed by atoms with van der Waals surface area (Å²) in [6, 6.07) is -1.80. The second-order valence-corrected chi connectivity index (χ2v) is 5.36. The smallest absolute Gasteiger partial charge is 0.218 e. The summed E-state index contributed by atoms with van der Waals surface area (Å²) in [5.74, 6) is 0. The van der Waals surface area contributed by atoms with Gasteiger partial charge in [0, 0.05) is 11.1 Å². The van der Waals surface area contributed by atoms with Gasteiger partial charge >= 0.3 is 36.0 Å². The summed E-state index contributed by atoms with van der Waals surface area (Å²) in [5.41, 5.74) is -19.5. The third kappa shape index (κ3) is 3.52. The normalized spacial score (nSPS) is 14.9. The molecule has 0 atom stereocenters. The molecule has 0 bridgehead atoms. The van der Waals surface area contributed by atoms with Gasteiger partial charge in [-0.3, -0.25) is 0 Å². The molecule has 0 radical (unpaired) electrons. The molecule has 0 heterocycles. The largest absolute Gasteiger partial charge is 0.435 e. The number of halogens is 14. The zero-order chi connectivity index (χ0) is 22.6. The van der Waals surface area contributed by atoms with Crippen LogP contribution in [0, 0.1) is 0 Å². The molecule has 0 aliphatic heterocycles. The van der Waals surface area contributed by atoms with Crippen LogP contribution in [0.3, 0.4) is 0 Å². The Kier molecular flexibility index (Phi) is 5.58. The van der Waals surface area contributed by atoms with Crippen LogP contribution in [0.5, 0.6) is 0 Å². The molecule has 160 valence electrons. The summed E-state index contributed by atoms with van der Waals surface area (Å²) in [5, 5.41) is 0. The molecule has 0 amide bonds. The lowest BCUT2D eigenvalue weighted by molar-refractivity contribution is -0.350. The van der Waals surface area contributed by atoms with Crippen molar-refractivity contribution in [3.63, 3.8) is 0 Å². The first-order valence-electron chi connectivity index (χ1n) is 6.57. The fourth-order valence-corrected chi connectivity index (χ4v) is 2.14. The Labute approximate surface area is 146 Å². The van der Waals surface area contributed by atoms with E-state index in [1.807, 2.05) is 0 Å². The molecule has 0 aromatic heterocycles. The van der Waals surface area contributed by atoms with Crippen molar-refractivity contribution in [3.8, 4) is 0 Å². The van der Waals surface area contributed by atoms with Gasteiger partial charge in [-0.25, -0.2) is 8.78 Å². The molecule has 0 nitrogen and oxygen atoms in total. The van der Waals surface area contributed by atoms with Crippen LogP contribution in [0.1, 0.15) is 16.7 Å². The van der Waals surface area contributed by atoms with E-state index in [0.717, 1.165) is 0 Å². The van der Waals surface area contributed by atoms with Gasteiger partial charge in [0.15, 0.2) is 0 Å². The highest BCUT2D eigenvalue weighted by atomic mass is 19.4. The molecule has 1 aromatic carbocycles. The number of benzene rings is 1. The minimum atomic E-state index is -6.85. The highest BCUT2D eigenvalue weighted by Crippen LogP contribution is 2.57. The fraction of sp³-hybridized carbons (Fsp3) is 0.429. The molecule has 0 saturated heterocycles. The lowest BCUT2D eigenvalue weighted by Gasteiger charge is -2.33. The van der Waals surface area contributed by atoms with Crippen molar-refractivity contribution >= 4 is 6.08 Å². The first-order chi connectivity index (χ1) is 12.1. The SMILES string of the molecule is C=Cc1cc(C(F)(C(F)(F)F)C(F)(F)F)cc(C(F)(C(F)(F)F)C(F)(F)F)c1. The molecule has 1 aromatic rings. The summed E-state index contributed by atoms with van der Waals surface area (Å²) in [6.45, 7) is 2.76. The topological polar surface area (TPSA) is 0 Å². The van der Waals surface area contributed by atoms with E-state index in [4.69, 9.17) is 0 Å². The highest BCUT2D eigenvalue weighted by Gasteiger charge is 2.76. The molecule has 0 saturated carbocycles. The predicted octanol–water partition coefficient (Wildman–Crippen LogP) is 6.91. The molecule has 0 N–H and O–H groups in total. The van der Waals surface area contributed by atoms with E-state index in [0.29, 0.717) is 0 Å². The van der Waals surface area contributed by atoms with Gasteiger partial charge in [-0.1, -0.05) is 12.7 Å². The van der Waals surface area contributed by atoms with Crippen molar-refractivity contribution in [2.45, 2.75) is 36.0 Å². The molecular weight excluding hydrogens is 434 g/mol. The van der Waals surface area contributed by atoms with Crippen LogP contribution in [-0.2, 0) is 11.3 Å². The fourth-order valence-electron chi connectivity index (χ4n) is 2.14. The van der Waals surface area contributed by atoms with E-state index in [1.54, 1.807) is 0 Å². The standard InChI is InChI=1S/C14H6F14/c1-2-6-3-7(9(15,11(17,18)19)12(20,21)22)5-8(4-6)10(16,13(23,24)25)14(26,27)28/h2-5H,1H2. The minimum absolute atomic E-state index is 0.216. The van der Waals surface area contributed by atoms with E-state index in [-0.39, 0.29) is 18.2 Å². The maximum atomic E-state index is 14.0. The van der Waals surface area contributed by atoms with Gasteiger partial charge in [0.2, 0.25) is 0 Å². The zero-order valence-electron chi connectivity index (χ0n) is 12.8. The van der Waals surface area contributed by atoms with Crippen LogP contribution in [0.15, 0.2) is 24.8 Å². The van der Waals surface area contributed by atoms with E-state index < -0.39 is 58.8 Å². The lowest BCUT2D eigenvalue weighted by atomic mass is 9.85. The third-order valence-electron chi connectivity index (χ3n) is 3.55. The van der Waals surface area contributed by atoms with Crippen LogP contribution in [0.25, 0.3) is 6.08 Å². The van der Waals surface area contributed by atoms with Crippen molar-refractivity contribution in [2.24, 2.45) is 0 Å². The van der Waals surface area contributed by atoms with Gasteiger partial charge in [0.1, 0.15) is 0 Å². The maximum Gasteiger partial charge on any atom is 0.435 e. The van der Waals surface area contributed by atoms with Crippen LogP contribution in [0.4, 0.5) is 61.5 Å². The van der Waals surface area contributed by atoms with Crippen molar-refractivity contribution in [3.05, 3.63) is 41.5 Å². The van der Waals surface area contributed by atoms with Gasteiger partial charge in [-0.2, -0.15) is 52.7 Å². The van der Waals surface area contributed by atoms with E-state index in [1.165, 1.54) is 0 Å². The molecular formula is C14H6F14. The maximum absolute atomic E-state index is 14.0. The molecule has 0 unspecified atom stereocenters. The second kappa shape index (κ2) is 6.51. The van der Waals surface area contributed by atoms with Gasteiger partial charge in [0.25, 0.3) is 0 Å². The molecule has 14 heteroatoms. The Balaban J connectivity index is 4.04. The van der Waals surface area contributed by atoms with Gasteiger partial charge in [0.05, 0.1) is 0 Å². The quantitative estimate of drug-likeness (QED) is 0.449. The van der Waals surface area contributed by atoms with Crippen molar-refractivity contribution in [2.75, 3.05) is 0 Å². The molecule has 0 aliphatic rings. The van der Waals surface area contributed by atoms with Gasteiger partial charge < -0.3 is 0 Å². The summed E-state index contributed by atoms with van der Waals surface area (Å²) in [6.07, 6.45) is -27.2. The van der Waals surface area contributed by atoms with E-state index in [9.17, 15) is 61.5 Å². The monoisotopic (exact) mass is 440 g/mol. The second-order valence-electron chi connectivity index (χ2n) is 5.36. The zero-order valence-corrected chi connectivity index (χ0v) is 12.8. The molecule has 0 spiro atoms. The number of hydrogen-bond donors (Lipinski definition) is 0. The number of hydrogen-bond acceptors (Lipinski definition) is 0. The minimum Gasteiger partial charge on any atom is -0.218 e. The van der Waals surface area contributed by atoms with E-state index >= 15 is 0 Å². The van der Waals surface area contributed by atoms with Crippen LogP contribution in [-0.4, -0.2) is 24.7 Å². The first-order valence-corrected chi connectivity index (χ1v) is 6.57. The number of alkyl halides is 14. The van der Waals surface area contributed by atoms with Crippen LogP contribution >= 0.6 is 0 Å². The summed E-state index contributed by atoms with van der Waals surface area (Å²) < 4.78 is 181. The average Bonchev–Trinajstić information content (AvgIpc) is 2.48. The van der Waals surface area contributed by atoms with Crippen molar-refractivity contribution < 1.29 is 61.5 Å². The Morgan fingerprint density at radius 2 is 0.750 bits per heavy atom. The van der Waals surface area contributed by atoms with Crippen molar-refractivity contribution in [1.82, 2.24) is 0 Å². The number of rotatable bonds is 3. The van der Waals surface area contributed by atoms with Gasteiger partial charge in [-0.15, -0.1) is 0 Å². The molecule has 0 fully saturated rings. The lowest BCUT2D eigenvalue weighted by Crippen LogP contribution is -2.52. The highest BCUT2D eigenvalue weighted by molar-refractivity contribution is 5.53. The summed E-state index contributed by atoms with van der Waals surface area (Å²) >= 11 is 0. The average molecular weight is 440 g/mol. The summed E-state index contributed by atoms with van der Waals surface area (Å²) in [4.78, 5) is 0. The molecule has 1 rings (SSSR count). The van der Waals surface area contributed by atoms with Crippen LogP contribution < -0.4 is 0 Å².